The van der Waals surface area contributed by atoms with Gasteiger partial charge in [-0.15, -0.1) is 0 Å². The summed E-state index contributed by atoms with van der Waals surface area (Å²) >= 11 is 0. The van der Waals surface area contributed by atoms with Gasteiger partial charge in [0, 0.05) is 5.56 Å². The predicted molar refractivity (Wildman–Crippen MR) is 104 cm³/mol. The monoisotopic (exact) mass is 377 g/mol. The van der Waals surface area contributed by atoms with Crippen LogP contribution in [0.5, 0.6) is 0 Å². The van der Waals surface area contributed by atoms with E-state index in [-0.39, 0.29) is 6.61 Å². The van der Waals surface area contributed by atoms with E-state index in [0.717, 1.165) is 16.3 Å². The number of rotatable bonds is 7. The fourth-order valence-electron chi connectivity index (χ4n) is 2.74. The number of benzene rings is 3. The first-order chi connectivity index (χ1) is 13.5. The summed E-state index contributed by atoms with van der Waals surface area (Å²) in [5.74, 6) is -2.56. The van der Waals surface area contributed by atoms with Gasteiger partial charge in [-0.25, -0.2) is 4.79 Å². The van der Waals surface area contributed by atoms with Crippen LogP contribution >= 0.6 is 0 Å². The maximum atomic E-state index is 12.4. The number of amides is 1. The molecule has 0 heterocycles. The molecular formula is C22H19NO5. The lowest BCUT2D eigenvalue weighted by Gasteiger charge is -2.14. The molecule has 3 rings (SSSR count). The van der Waals surface area contributed by atoms with Crippen LogP contribution in [0.15, 0.2) is 72.8 Å². The first-order valence-electron chi connectivity index (χ1n) is 8.75. The molecule has 0 saturated carbocycles. The van der Waals surface area contributed by atoms with Crippen LogP contribution in [-0.2, 0) is 20.9 Å². The molecule has 3 aromatic rings. The fourth-order valence-corrected chi connectivity index (χ4v) is 2.74. The van der Waals surface area contributed by atoms with Crippen LogP contribution < -0.4 is 5.32 Å². The van der Waals surface area contributed by atoms with E-state index in [1.165, 1.54) is 0 Å². The number of esters is 1. The zero-order chi connectivity index (χ0) is 19.9. The summed E-state index contributed by atoms with van der Waals surface area (Å²) in [5.41, 5.74) is 1.12. The lowest BCUT2D eigenvalue weighted by molar-refractivity contribution is -0.150. The molecule has 2 N–H and O–H groups in total. The number of ether oxygens (including phenoxy) is 1. The third kappa shape index (κ3) is 4.94. The highest BCUT2D eigenvalue weighted by atomic mass is 16.5. The Kier molecular flexibility index (Phi) is 6.01. The van der Waals surface area contributed by atoms with Crippen molar-refractivity contribution in [2.45, 2.75) is 19.1 Å². The Hall–Kier alpha value is -3.67. The quantitative estimate of drug-likeness (QED) is 0.617. The smallest absolute Gasteiger partial charge is 0.326 e. The van der Waals surface area contributed by atoms with E-state index in [9.17, 15) is 19.5 Å². The highest BCUT2D eigenvalue weighted by molar-refractivity contribution is 6.00. The maximum Gasteiger partial charge on any atom is 0.326 e. The van der Waals surface area contributed by atoms with Gasteiger partial charge in [0.25, 0.3) is 5.91 Å². The maximum absolute atomic E-state index is 12.4. The van der Waals surface area contributed by atoms with E-state index < -0.39 is 30.3 Å². The molecule has 0 saturated heterocycles. The molecule has 0 fully saturated rings. The van der Waals surface area contributed by atoms with Crippen molar-refractivity contribution >= 4 is 28.6 Å². The summed E-state index contributed by atoms with van der Waals surface area (Å²) in [7, 11) is 0. The van der Waals surface area contributed by atoms with Crippen LogP contribution in [0.2, 0.25) is 0 Å². The Morgan fingerprint density at radius 3 is 2.29 bits per heavy atom. The topological polar surface area (TPSA) is 92.7 Å². The second-order valence-electron chi connectivity index (χ2n) is 6.28. The molecular weight excluding hydrogens is 358 g/mol. The number of nitrogens with one attached hydrogen (secondary N) is 1. The van der Waals surface area contributed by atoms with Crippen molar-refractivity contribution < 1.29 is 24.2 Å². The van der Waals surface area contributed by atoms with Gasteiger partial charge in [0.1, 0.15) is 12.6 Å². The molecule has 0 aliphatic rings. The summed E-state index contributed by atoms with van der Waals surface area (Å²) < 4.78 is 5.10. The van der Waals surface area contributed by atoms with E-state index in [1.54, 1.807) is 30.3 Å². The molecule has 0 radical (unpaired) electrons. The summed E-state index contributed by atoms with van der Waals surface area (Å²) in [6, 6.07) is 20.3. The van der Waals surface area contributed by atoms with Crippen LogP contribution in [0, 0.1) is 0 Å². The third-order valence-electron chi connectivity index (χ3n) is 4.23. The lowest BCUT2D eigenvalue weighted by Crippen LogP contribution is -2.42. The Labute approximate surface area is 161 Å². The first-order valence-corrected chi connectivity index (χ1v) is 8.75. The van der Waals surface area contributed by atoms with Gasteiger partial charge < -0.3 is 15.2 Å². The second-order valence-corrected chi connectivity index (χ2v) is 6.28. The highest BCUT2D eigenvalue weighted by Gasteiger charge is 2.24. The van der Waals surface area contributed by atoms with Crippen LogP contribution in [0.4, 0.5) is 0 Å². The molecule has 0 aliphatic heterocycles. The zero-order valence-electron chi connectivity index (χ0n) is 15.0. The number of fused-ring (bicyclic) bond motifs is 1. The van der Waals surface area contributed by atoms with E-state index >= 15 is 0 Å². The minimum absolute atomic E-state index is 0.0463. The van der Waals surface area contributed by atoms with Gasteiger partial charge in [-0.3, -0.25) is 9.59 Å². The van der Waals surface area contributed by atoms with Crippen LogP contribution in [0.1, 0.15) is 22.3 Å². The number of hydrogen-bond acceptors (Lipinski definition) is 4. The standard InChI is InChI=1S/C22H19NO5/c24-20(28-14-15-6-2-1-3-7-15)13-19(22(26)27)23-21(25)18-11-10-16-8-4-5-9-17(16)12-18/h1-12,19H,13-14H2,(H,23,25)(H,26,27)/t19-/m0/s1. The molecule has 0 unspecified atom stereocenters. The molecule has 0 aliphatic carbocycles. The van der Waals surface area contributed by atoms with Gasteiger partial charge in [-0.1, -0.05) is 60.7 Å². The Bertz CT molecular complexity index is 1000. The molecule has 1 amide bonds. The number of carbonyl (C=O) groups is 3. The summed E-state index contributed by atoms with van der Waals surface area (Å²) in [4.78, 5) is 35.9. The van der Waals surface area contributed by atoms with Crippen molar-refractivity contribution in [3.05, 3.63) is 83.9 Å². The summed E-state index contributed by atoms with van der Waals surface area (Å²) in [5, 5.41) is 13.6. The van der Waals surface area contributed by atoms with Gasteiger partial charge in [-0.05, 0) is 28.5 Å². The number of aliphatic carboxylic acids is 1. The molecule has 6 nitrogen and oxygen atoms in total. The highest BCUT2D eigenvalue weighted by Crippen LogP contribution is 2.16. The summed E-state index contributed by atoms with van der Waals surface area (Å²) in [6.45, 7) is 0.0463. The third-order valence-corrected chi connectivity index (χ3v) is 4.23. The SMILES string of the molecule is O=C(C[C@H](NC(=O)c1ccc2ccccc2c1)C(=O)O)OCc1ccccc1. The molecule has 0 aromatic heterocycles. The molecule has 3 aromatic carbocycles. The molecule has 6 heteroatoms. The molecule has 142 valence electrons. The largest absolute Gasteiger partial charge is 0.480 e. The van der Waals surface area contributed by atoms with Crippen molar-refractivity contribution in [3.8, 4) is 0 Å². The average Bonchev–Trinajstić information content (AvgIpc) is 2.72. The van der Waals surface area contributed by atoms with Crippen molar-refractivity contribution in [2.24, 2.45) is 0 Å². The van der Waals surface area contributed by atoms with Crippen LogP contribution in [0.3, 0.4) is 0 Å². The second kappa shape index (κ2) is 8.81. The van der Waals surface area contributed by atoms with Crippen LogP contribution in [-0.4, -0.2) is 29.0 Å². The number of carbonyl (C=O) groups excluding carboxylic acids is 2. The van der Waals surface area contributed by atoms with E-state index in [2.05, 4.69) is 5.32 Å². The van der Waals surface area contributed by atoms with Gasteiger partial charge in [-0.2, -0.15) is 0 Å². The Balaban J connectivity index is 1.62. The van der Waals surface area contributed by atoms with E-state index in [1.807, 2.05) is 42.5 Å². The first kappa shape index (κ1) is 19.1. The Morgan fingerprint density at radius 2 is 1.57 bits per heavy atom. The zero-order valence-corrected chi connectivity index (χ0v) is 15.0. The molecule has 0 bridgehead atoms. The average molecular weight is 377 g/mol. The van der Waals surface area contributed by atoms with Gasteiger partial charge in [0.15, 0.2) is 0 Å². The predicted octanol–water partition coefficient (Wildman–Crippen LogP) is 3.16. The van der Waals surface area contributed by atoms with Gasteiger partial charge in [0.2, 0.25) is 0 Å². The fraction of sp³-hybridized carbons (Fsp3) is 0.136. The van der Waals surface area contributed by atoms with Crippen molar-refractivity contribution in [1.29, 1.82) is 0 Å². The lowest BCUT2D eigenvalue weighted by atomic mass is 10.1. The van der Waals surface area contributed by atoms with Gasteiger partial charge >= 0.3 is 11.9 Å². The summed E-state index contributed by atoms with van der Waals surface area (Å²) in [6.07, 6.45) is -0.457. The van der Waals surface area contributed by atoms with Gasteiger partial charge in [0.05, 0.1) is 6.42 Å². The number of carboxylic acids is 1. The van der Waals surface area contributed by atoms with E-state index in [4.69, 9.17) is 4.74 Å². The Morgan fingerprint density at radius 1 is 0.893 bits per heavy atom. The molecule has 0 spiro atoms. The molecule has 28 heavy (non-hydrogen) atoms. The minimum Gasteiger partial charge on any atom is -0.480 e. The van der Waals surface area contributed by atoms with Crippen molar-refractivity contribution in [2.75, 3.05) is 0 Å². The molecule has 1 atom stereocenters. The number of hydrogen-bond donors (Lipinski definition) is 2. The number of carboxylic acid groups (broad SMARTS) is 1. The van der Waals surface area contributed by atoms with E-state index in [0.29, 0.717) is 5.56 Å². The minimum atomic E-state index is -1.37. The van der Waals surface area contributed by atoms with Crippen molar-refractivity contribution in [3.63, 3.8) is 0 Å². The van der Waals surface area contributed by atoms with Crippen molar-refractivity contribution in [1.82, 2.24) is 5.32 Å². The normalized spacial score (nSPS) is 11.6. The van der Waals surface area contributed by atoms with Crippen LogP contribution in [0.25, 0.3) is 10.8 Å².